The van der Waals surface area contributed by atoms with Gasteiger partial charge in [-0.1, -0.05) is 6.42 Å². The number of rotatable bonds is 5. The Kier molecular flexibility index (Phi) is 6.52. The van der Waals surface area contributed by atoms with Crippen molar-refractivity contribution in [1.29, 1.82) is 5.26 Å². The summed E-state index contributed by atoms with van der Waals surface area (Å²) in [7, 11) is 2.06. The van der Waals surface area contributed by atoms with Gasteiger partial charge in [0.25, 0.3) is 0 Å². The number of likely N-dealkylation sites (tertiary alicyclic amines) is 2. The maximum Gasteiger partial charge on any atom is 0.410 e. The van der Waals surface area contributed by atoms with E-state index in [4.69, 9.17) is 4.74 Å². The Bertz CT molecular complexity index is 751. The molecule has 4 aliphatic rings. The number of Topliss-reactive ketones (excluding diaryl/α,β-unsaturated/α-hetero) is 1. The van der Waals surface area contributed by atoms with Crippen LogP contribution in [0.3, 0.4) is 0 Å². The number of nitrogens with one attached hydrogen (secondary N) is 1. The molecule has 2 heterocycles. The summed E-state index contributed by atoms with van der Waals surface area (Å²) in [5.74, 6) is -0.245. The normalized spacial score (nSPS) is 29.4. The van der Waals surface area contributed by atoms with Crippen molar-refractivity contribution in [3.05, 3.63) is 0 Å². The molecule has 2 aliphatic heterocycles. The molecule has 2 saturated carbocycles. The third kappa shape index (κ3) is 4.87. The van der Waals surface area contributed by atoms with E-state index in [-0.39, 0.29) is 29.1 Å². The average Bonchev–Trinajstić information content (AvgIpc) is 3.33. The maximum atomic E-state index is 13.1. The van der Waals surface area contributed by atoms with Gasteiger partial charge < -0.3 is 15.0 Å². The van der Waals surface area contributed by atoms with Gasteiger partial charge in [-0.05, 0) is 63.8 Å². The molecule has 1 N–H and O–H groups in total. The molecule has 3 unspecified atom stereocenters. The highest BCUT2D eigenvalue weighted by Gasteiger charge is 2.52. The number of carbonyl (C=O) groups excluding carboxylic acids is 3. The van der Waals surface area contributed by atoms with Gasteiger partial charge in [0.15, 0.2) is 0 Å². The fraction of sp³-hybridized carbons (Fsp3) is 0.826. The van der Waals surface area contributed by atoms with Gasteiger partial charge in [-0.25, -0.2) is 4.79 Å². The second-order valence-electron chi connectivity index (χ2n) is 10.1. The molecule has 2 aliphatic carbocycles. The topological polar surface area (TPSA) is 103 Å². The van der Waals surface area contributed by atoms with Gasteiger partial charge in [0.05, 0.1) is 6.07 Å². The zero-order valence-electron chi connectivity index (χ0n) is 18.5. The molecule has 1 spiro atoms. The van der Waals surface area contributed by atoms with E-state index >= 15 is 0 Å². The van der Waals surface area contributed by atoms with E-state index in [9.17, 15) is 19.6 Å². The van der Waals surface area contributed by atoms with E-state index in [1.165, 1.54) is 0 Å². The Labute approximate surface area is 184 Å². The van der Waals surface area contributed by atoms with Crippen LogP contribution in [0.2, 0.25) is 0 Å². The predicted molar refractivity (Wildman–Crippen MR) is 113 cm³/mol. The van der Waals surface area contributed by atoms with E-state index in [0.29, 0.717) is 25.8 Å². The molecule has 0 aromatic rings. The lowest BCUT2D eigenvalue weighted by Gasteiger charge is -2.37. The number of hydrogen-bond donors (Lipinski definition) is 1. The van der Waals surface area contributed by atoms with Gasteiger partial charge in [0, 0.05) is 32.0 Å². The van der Waals surface area contributed by atoms with Crippen molar-refractivity contribution in [3.63, 3.8) is 0 Å². The zero-order chi connectivity index (χ0) is 22.0. The Morgan fingerprint density at radius 1 is 1.26 bits per heavy atom. The van der Waals surface area contributed by atoms with Crippen molar-refractivity contribution in [1.82, 2.24) is 15.1 Å². The largest absolute Gasteiger partial charge is 0.446 e. The Hall–Kier alpha value is -2.14. The summed E-state index contributed by atoms with van der Waals surface area (Å²) in [6.07, 6.45) is 7.47. The number of piperidine rings is 1. The molecule has 8 nitrogen and oxygen atoms in total. The second-order valence-corrected chi connectivity index (χ2v) is 10.1. The number of hydrogen-bond acceptors (Lipinski definition) is 6. The molecule has 3 atom stereocenters. The number of amides is 2. The Morgan fingerprint density at radius 2 is 2.00 bits per heavy atom. The molecule has 4 fully saturated rings. The van der Waals surface area contributed by atoms with Gasteiger partial charge in [0.1, 0.15) is 24.0 Å². The summed E-state index contributed by atoms with van der Waals surface area (Å²) >= 11 is 0. The quantitative estimate of drug-likeness (QED) is 0.717. The van der Waals surface area contributed by atoms with Crippen LogP contribution in [-0.2, 0) is 14.3 Å². The molecule has 0 aromatic heterocycles. The molecule has 2 saturated heterocycles. The summed E-state index contributed by atoms with van der Waals surface area (Å²) in [5, 5.41) is 12.4. The minimum atomic E-state index is -0.704. The third-order valence-corrected chi connectivity index (χ3v) is 7.82. The molecular formula is C23H34N4O4. The van der Waals surface area contributed by atoms with Gasteiger partial charge in [-0.3, -0.25) is 14.5 Å². The SMILES string of the molecule is CN1CCC(OC(=O)N2CC3(CCC3)CC2C(=O)NC(C#N)CC2CCCC2=O)CC1. The maximum absolute atomic E-state index is 13.1. The summed E-state index contributed by atoms with van der Waals surface area (Å²) in [6, 6.07) is 0.836. The first-order valence-electron chi connectivity index (χ1n) is 11.8. The van der Waals surface area contributed by atoms with E-state index in [1.807, 2.05) is 0 Å². The van der Waals surface area contributed by atoms with Crippen LogP contribution in [0, 0.1) is 22.7 Å². The number of carbonyl (C=O) groups is 3. The van der Waals surface area contributed by atoms with Crippen molar-refractivity contribution in [2.24, 2.45) is 11.3 Å². The molecular weight excluding hydrogens is 396 g/mol. The molecule has 31 heavy (non-hydrogen) atoms. The highest BCUT2D eigenvalue weighted by Crippen LogP contribution is 2.50. The van der Waals surface area contributed by atoms with Crippen molar-refractivity contribution in [2.75, 3.05) is 26.7 Å². The zero-order valence-corrected chi connectivity index (χ0v) is 18.5. The fourth-order valence-corrected chi connectivity index (χ4v) is 5.67. The summed E-state index contributed by atoms with van der Waals surface area (Å²) < 4.78 is 5.79. The minimum Gasteiger partial charge on any atom is -0.446 e. The van der Waals surface area contributed by atoms with Gasteiger partial charge in [-0.15, -0.1) is 0 Å². The van der Waals surface area contributed by atoms with Crippen LogP contribution < -0.4 is 5.32 Å². The lowest BCUT2D eigenvalue weighted by molar-refractivity contribution is -0.126. The van der Waals surface area contributed by atoms with Crippen molar-refractivity contribution in [2.45, 2.75) is 82.4 Å². The smallest absolute Gasteiger partial charge is 0.410 e. The van der Waals surface area contributed by atoms with E-state index in [0.717, 1.165) is 58.0 Å². The first-order chi connectivity index (χ1) is 14.9. The van der Waals surface area contributed by atoms with Crippen LogP contribution in [0.25, 0.3) is 0 Å². The first-order valence-corrected chi connectivity index (χ1v) is 11.8. The molecule has 4 rings (SSSR count). The lowest BCUT2D eigenvalue weighted by Crippen LogP contribution is -2.50. The lowest BCUT2D eigenvalue weighted by atomic mass is 9.67. The molecule has 8 heteroatoms. The highest BCUT2D eigenvalue weighted by atomic mass is 16.6. The van der Waals surface area contributed by atoms with Gasteiger partial charge in [0.2, 0.25) is 5.91 Å². The minimum absolute atomic E-state index is 0.0113. The highest BCUT2D eigenvalue weighted by molar-refractivity contribution is 5.87. The number of ketones is 1. The number of nitriles is 1. The number of ether oxygens (including phenoxy) is 1. The Balaban J connectivity index is 1.39. The summed E-state index contributed by atoms with van der Waals surface area (Å²) in [5.41, 5.74) is 0.0113. The van der Waals surface area contributed by atoms with Crippen molar-refractivity contribution >= 4 is 17.8 Å². The monoisotopic (exact) mass is 430 g/mol. The average molecular weight is 431 g/mol. The molecule has 0 aromatic carbocycles. The number of nitrogens with zero attached hydrogens (tertiary/aromatic N) is 3. The van der Waals surface area contributed by atoms with Crippen LogP contribution in [-0.4, -0.2) is 72.5 Å². The van der Waals surface area contributed by atoms with Gasteiger partial charge >= 0.3 is 6.09 Å². The standard InChI is InChI=1S/C23H34N4O4/c1-26-10-6-18(7-11-26)31-22(30)27-15-23(8-3-9-23)13-19(27)21(29)25-17(14-24)12-16-4-2-5-20(16)28/h16-19H,2-13,15H2,1H3,(H,25,29). The fourth-order valence-electron chi connectivity index (χ4n) is 5.67. The van der Waals surface area contributed by atoms with Crippen LogP contribution >= 0.6 is 0 Å². The van der Waals surface area contributed by atoms with E-state index in [1.54, 1.807) is 4.90 Å². The molecule has 0 bridgehead atoms. The van der Waals surface area contributed by atoms with Crippen LogP contribution in [0.4, 0.5) is 4.79 Å². The molecule has 2 amide bonds. The van der Waals surface area contributed by atoms with Crippen LogP contribution in [0.5, 0.6) is 0 Å². The van der Waals surface area contributed by atoms with Gasteiger partial charge in [-0.2, -0.15) is 5.26 Å². The predicted octanol–water partition coefficient (Wildman–Crippen LogP) is 2.23. The van der Waals surface area contributed by atoms with E-state index in [2.05, 4.69) is 23.3 Å². The van der Waals surface area contributed by atoms with Crippen LogP contribution in [0.1, 0.15) is 64.2 Å². The van der Waals surface area contributed by atoms with Crippen LogP contribution in [0.15, 0.2) is 0 Å². The summed E-state index contributed by atoms with van der Waals surface area (Å²) in [6.45, 7) is 2.35. The molecule has 170 valence electrons. The molecule has 0 radical (unpaired) electrons. The Morgan fingerprint density at radius 3 is 2.58 bits per heavy atom. The summed E-state index contributed by atoms with van der Waals surface area (Å²) in [4.78, 5) is 41.9. The van der Waals surface area contributed by atoms with Crippen molar-refractivity contribution in [3.8, 4) is 6.07 Å². The van der Waals surface area contributed by atoms with Crippen molar-refractivity contribution < 1.29 is 19.1 Å². The third-order valence-electron chi connectivity index (χ3n) is 7.82. The second kappa shape index (κ2) is 9.15. The van der Waals surface area contributed by atoms with E-state index < -0.39 is 18.2 Å². The first kappa shape index (κ1) is 22.1.